The van der Waals surface area contributed by atoms with Crippen LogP contribution in [0.1, 0.15) is 5.56 Å². The molecule has 0 spiro atoms. The predicted octanol–water partition coefficient (Wildman–Crippen LogP) is 3.26. The molecule has 28 heavy (non-hydrogen) atoms. The van der Waals surface area contributed by atoms with Gasteiger partial charge in [-0.05, 0) is 29.8 Å². The Morgan fingerprint density at radius 3 is 2.39 bits per heavy atom. The summed E-state index contributed by atoms with van der Waals surface area (Å²) in [5.41, 5.74) is -1.18. The Kier molecular flexibility index (Phi) is 4.94. The fourth-order valence-corrected chi connectivity index (χ4v) is 2.41. The molecular formula is C18H11N3O7. The Labute approximate surface area is 156 Å². The number of rotatable bonds is 5. The molecule has 0 aliphatic carbocycles. The molecule has 2 aromatic carbocycles. The molecule has 0 fully saturated rings. The van der Waals surface area contributed by atoms with E-state index in [-0.39, 0.29) is 28.0 Å². The molecule has 0 aliphatic heterocycles. The standard InChI is InChI=1S/C18H11N3O7/c22-16(9-6-11-4-7-13(8-5-11)20(24)25)19-14-10-12-2-1-3-15(21(26)27)17(12)28-18(14)23/h1-10H,(H,19,22)/b9-6+. The molecule has 0 saturated carbocycles. The van der Waals surface area contributed by atoms with Crippen molar-refractivity contribution < 1.29 is 19.1 Å². The van der Waals surface area contributed by atoms with Crippen LogP contribution in [0.25, 0.3) is 17.0 Å². The number of nitro benzene ring substituents is 2. The number of carbonyl (C=O) groups is 1. The van der Waals surface area contributed by atoms with Gasteiger partial charge in [0.2, 0.25) is 11.5 Å². The van der Waals surface area contributed by atoms with Crippen LogP contribution in [0.2, 0.25) is 0 Å². The third-order valence-electron chi connectivity index (χ3n) is 3.72. The third kappa shape index (κ3) is 3.90. The Balaban J connectivity index is 1.81. The van der Waals surface area contributed by atoms with Gasteiger partial charge in [0.15, 0.2) is 0 Å². The van der Waals surface area contributed by atoms with Crippen LogP contribution >= 0.6 is 0 Å². The number of nitrogens with one attached hydrogen (secondary N) is 1. The Bertz CT molecular complexity index is 1180. The first kappa shape index (κ1) is 18.5. The van der Waals surface area contributed by atoms with Gasteiger partial charge >= 0.3 is 11.3 Å². The van der Waals surface area contributed by atoms with E-state index in [4.69, 9.17) is 4.42 Å². The van der Waals surface area contributed by atoms with E-state index in [2.05, 4.69) is 5.32 Å². The quantitative estimate of drug-likeness (QED) is 0.309. The third-order valence-corrected chi connectivity index (χ3v) is 3.72. The lowest BCUT2D eigenvalue weighted by Crippen LogP contribution is -2.15. The largest absolute Gasteiger partial charge is 0.414 e. The average molecular weight is 381 g/mol. The van der Waals surface area contributed by atoms with Crippen molar-refractivity contribution in [2.45, 2.75) is 0 Å². The number of benzene rings is 2. The molecule has 10 heteroatoms. The second-order valence-corrected chi connectivity index (χ2v) is 5.57. The number of anilines is 1. The maximum Gasteiger partial charge on any atom is 0.360 e. The van der Waals surface area contributed by atoms with Crippen molar-refractivity contribution in [3.8, 4) is 0 Å². The molecule has 0 atom stereocenters. The summed E-state index contributed by atoms with van der Waals surface area (Å²) in [6.07, 6.45) is 2.55. The molecule has 1 N–H and O–H groups in total. The van der Waals surface area contributed by atoms with Gasteiger partial charge < -0.3 is 9.73 Å². The zero-order chi connectivity index (χ0) is 20.3. The van der Waals surface area contributed by atoms with E-state index >= 15 is 0 Å². The van der Waals surface area contributed by atoms with Gasteiger partial charge in [-0.3, -0.25) is 25.0 Å². The minimum absolute atomic E-state index is 0.0792. The molecule has 0 aliphatic rings. The second-order valence-electron chi connectivity index (χ2n) is 5.57. The van der Waals surface area contributed by atoms with Crippen molar-refractivity contribution in [3.63, 3.8) is 0 Å². The molecule has 0 radical (unpaired) electrons. The number of carbonyl (C=O) groups excluding carboxylic acids is 1. The van der Waals surface area contributed by atoms with Crippen LogP contribution in [0.5, 0.6) is 0 Å². The molecule has 1 heterocycles. The average Bonchev–Trinajstić information content (AvgIpc) is 2.66. The Morgan fingerprint density at radius 1 is 1.04 bits per heavy atom. The highest BCUT2D eigenvalue weighted by molar-refractivity contribution is 6.02. The van der Waals surface area contributed by atoms with Crippen LogP contribution in [-0.4, -0.2) is 15.8 Å². The number of nitrogens with zero attached hydrogens (tertiary/aromatic N) is 2. The summed E-state index contributed by atoms with van der Waals surface area (Å²) in [5, 5.41) is 24.2. The van der Waals surface area contributed by atoms with E-state index in [1.165, 1.54) is 54.6 Å². The number of amides is 1. The van der Waals surface area contributed by atoms with Crippen molar-refractivity contribution in [1.82, 2.24) is 0 Å². The Morgan fingerprint density at radius 2 is 1.75 bits per heavy atom. The SMILES string of the molecule is O=C(/C=C/c1ccc([N+](=O)[O-])cc1)Nc1cc2cccc([N+](=O)[O-])c2oc1=O. The van der Waals surface area contributed by atoms with Gasteiger partial charge in [-0.15, -0.1) is 0 Å². The van der Waals surface area contributed by atoms with Gasteiger partial charge in [-0.25, -0.2) is 4.79 Å². The summed E-state index contributed by atoms with van der Waals surface area (Å²) in [7, 11) is 0. The number of hydrogen-bond acceptors (Lipinski definition) is 7. The fraction of sp³-hybridized carbons (Fsp3) is 0. The maximum atomic E-state index is 12.0. The summed E-state index contributed by atoms with van der Waals surface area (Å²) in [4.78, 5) is 44.5. The van der Waals surface area contributed by atoms with Gasteiger partial charge in [-0.2, -0.15) is 0 Å². The van der Waals surface area contributed by atoms with Crippen LogP contribution in [-0.2, 0) is 4.79 Å². The minimum atomic E-state index is -0.932. The van der Waals surface area contributed by atoms with E-state index < -0.39 is 21.4 Å². The molecular weight excluding hydrogens is 370 g/mol. The molecule has 0 bridgehead atoms. The van der Waals surface area contributed by atoms with Gasteiger partial charge in [-0.1, -0.05) is 12.1 Å². The maximum absolute atomic E-state index is 12.0. The zero-order valence-corrected chi connectivity index (χ0v) is 14.0. The van der Waals surface area contributed by atoms with Crippen LogP contribution in [0.15, 0.2) is 63.8 Å². The van der Waals surface area contributed by atoms with Gasteiger partial charge in [0, 0.05) is 29.7 Å². The van der Waals surface area contributed by atoms with Gasteiger partial charge in [0.1, 0.15) is 5.69 Å². The van der Waals surface area contributed by atoms with Gasteiger partial charge in [0.05, 0.1) is 9.85 Å². The van der Waals surface area contributed by atoms with Crippen molar-refractivity contribution in [3.05, 3.63) is 90.8 Å². The van der Waals surface area contributed by atoms with Crippen LogP contribution in [0, 0.1) is 20.2 Å². The number of non-ortho nitro benzene ring substituents is 2. The van der Waals surface area contributed by atoms with Crippen LogP contribution in [0.3, 0.4) is 0 Å². The van der Waals surface area contributed by atoms with E-state index in [1.54, 1.807) is 0 Å². The lowest BCUT2D eigenvalue weighted by molar-refractivity contribution is -0.384. The smallest absolute Gasteiger partial charge is 0.360 e. The van der Waals surface area contributed by atoms with Crippen molar-refractivity contribution >= 4 is 40.0 Å². The lowest BCUT2D eigenvalue weighted by atomic mass is 10.2. The molecule has 10 nitrogen and oxygen atoms in total. The van der Waals surface area contributed by atoms with E-state index in [1.807, 2.05) is 0 Å². The lowest BCUT2D eigenvalue weighted by Gasteiger charge is -2.03. The molecule has 3 aromatic rings. The summed E-state index contributed by atoms with van der Waals surface area (Å²) in [6, 6.07) is 10.9. The number of hydrogen-bond donors (Lipinski definition) is 1. The monoisotopic (exact) mass is 381 g/mol. The second kappa shape index (κ2) is 7.50. The summed E-state index contributed by atoms with van der Waals surface area (Å²) >= 11 is 0. The zero-order valence-electron chi connectivity index (χ0n) is 14.0. The highest BCUT2D eigenvalue weighted by Gasteiger charge is 2.16. The summed E-state index contributed by atoms with van der Waals surface area (Å²) in [6.45, 7) is 0. The highest BCUT2D eigenvalue weighted by atomic mass is 16.6. The van der Waals surface area contributed by atoms with E-state index in [0.29, 0.717) is 5.56 Å². The van der Waals surface area contributed by atoms with Crippen molar-refractivity contribution in [2.75, 3.05) is 5.32 Å². The molecule has 0 unspecified atom stereocenters. The summed E-state index contributed by atoms with van der Waals surface area (Å²) < 4.78 is 4.98. The first-order valence-electron chi connectivity index (χ1n) is 7.80. The topological polar surface area (TPSA) is 146 Å². The normalized spacial score (nSPS) is 10.9. The molecule has 1 aromatic heterocycles. The molecule has 3 rings (SSSR count). The molecule has 140 valence electrons. The predicted molar refractivity (Wildman–Crippen MR) is 99.9 cm³/mol. The number of fused-ring (bicyclic) bond motifs is 1. The van der Waals surface area contributed by atoms with Crippen molar-refractivity contribution in [2.24, 2.45) is 0 Å². The first-order valence-corrected chi connectivity index (χ1v) is 7.80. The fourth-order valence-electron chi connectivity index (χ4n) is 2.41. The Hall–Kier alpha value is -4.34. The van der Waals surface area contributed by atoms with Gasteiger partial charge in [0.25, 0.3) is 5.69 Å². The van der Waals surface area contributed by atoms with Crippen molar-refractivity contribution in [1.29, 1.82) is 0 Å². The minimum Gasteiger partial charge on any atom is -0.414 e. The number of nitro groups is 2. The van der Waals surface area contributed by atoms with Crippen LogP contribution in [0.4, 0.5) is 17.1 Å². The van der Waals surface area contributed by atoms with Crippen LogP contribution < -0.4 is 10.9 Å². The summed E-state index contributed by atoms with van der Waals surface area (Å²) in [5.74, 6) is -0.643. The number of para-hydroxylation sites is 1. The molecule has 0 saturated heterocycles. The first-order chi connectivity index (χ1) is 13.3. The van der Waals surface area contributed by atoms with E-state index in [9.17, 15) is 29.8 Å². The molecule has 1 amide bonds. The highest BCUT2D eigenvalue weighted by Crippen LogP contribution is 2.25. The van der Waals surface area contributed by atoms with E-state index in [0.717, 1.165) is 6.08 Å².